The van der Waals surface area contributed by atoms with Crippen LogP contribution in [0.3, 0.4) is 0 Å². The zero-order chi connectivity index (χ0) is 24.7. The van der Waals surface area contributed by atoms with E-state index < -0.39 is 18.3 Å². The Bertz CT molecular complexity index is 1200. The summed E-state index contributed by atoms with van der Waals surface area (Å²) in [5, 5.41) is 5.67. The number of aryl methyl sites for hydroxylation is 2. The molecule has 2 aromatic carbocycles. The number of esters is 1. The minimum atomic E-state index is -0.448. The average molecular weight is 464 g/mol. The summed E-state index contributed by atoms with van der Waals surface area (Å²) >= 11 is 0. The zero-order valence-corrected chi connectivity index (χ0v) is 21.1. The maximum absolute atomic E-state index is 12.0. The number of rotatable bonds is 7. The van der Waals surface area contributed by atoms with E-state index in [9.17, 15) is 4.79 Å². The summed E-state index contributed by atoms with van der Waals surface area (Å²) in [5.41, 5.74) is 3.77. The first-order valence-corrected chi connectivity index (χ1v) is 11.7. The van der Waals surface area contributed by atoms with E-state index in [-0.39, 0.29) is 19.0 Å². The van der Waals surface area contributed by atoms with Gasteiger partial charge in [0.15, 0.2) is 0 Å². The third-order valence-corrected chi connectivity index (χ3v) is 6.70. The minimum Gasteiger partial charge on any atom is -0.487 e. The van der Waals surface area contributed by atoms with Gasteiger partial charge in [-0.3, -0.25) is 9.48 Å². The first-order valence-electron chi connectivity index (χ1n) is 11.7. The van der Waals surface area contributed by atoms with Crippen molar-refractivity contribution in [2.24, 2.45) is 7.05 Å². The molecule has 4 rings (SSSR count). The van der Waals surface area contributed by atoms with Gasteiger partial charge in [0.05, 0.1) is 29.7 Å². The Kier molecular flexibility index (Phi) is 6.49. The molecular formula is C26H33BN2O5. The number of aromatic nitrogens is 2. The lowest BCUT2D eigenvalue weighted by Crippen LogP contribution is -2.41. The molecule has 0 bridgehead atoms. The lowest BCUT2D eigenvalue weighted by atomic mass is 9.78. The number of carbonyl (C=O) groups is 1. The monoisotopic (exact) mass is 464 g/mol. The molecule has 0 radical (unpaired) electrons. The van der Waals surface area contributed by atoms with Crippen LogP contribution >= 0.6 is 0 Å². The summed E-state index contributed by atoms with van der Waals surface area (Å²) in [6, 6.07) is 11.9. The summed E-state index contributed by atoms with van der Waals surface area (Å²) in [5.74, 6) is 0.389. The van der Waals surface area contributed by atoms with E-state index >= 15 is 0 Å². The van der Waals surface area contributed by atoms with Crippen LogP contribution in [0.4, 0.5) is 0 Å². The molecule has 0 saturated carbocycles. The summed E-state index contributed by atoms with van der Waals surface area (Å²) in [6.45, 7) is 12.6. The number of hydrogen-bond donors (Lipinski definition) is 0. The molecular weight excluding hydrogens is 431 g/mol. The lowest BCUT2D eigenvalue weighted by molar-refractivity contribution is -0.142. The molecule has 0 N–H and O–H groups in total. The molecule has 180 valence electrons. The van der Waals surface area contributed by atoms with E-state index in [2.05, 4.69) is 6.07 Å². The predicted octanol–water partition coefficient (Wildman–Crippen LogP) is 3.87. The fourth-order valence-electron chi connectivity index (χ4n) is 4.04. The standard InChI is InChI=1S/C26H33BN2O5/c1-8-31-24(30)14-18-10-9-17(2)13-23(18)32-16-21-20-15-19(11-12-22(20)29(7)28-21)27-33-25(3,4)26(5,6)34-27/h9-13,15H,8,14,16H2,1-7H3. The van der Waals surface area contributed by atoms with Crippen molar-refractivity contribution >= 4 is 29.5 Å². The fourth-order valence-corrected chi connectivity index (χ4v) is 4.04. The SMILES string of the molecule is CCOC(=O)Cc1ccc(C)cc1OCc1nn(C)c2ccc(B3OC(C)(C)C(C)(C)O3)cc12. The molecule has 2 heterocycles. The van der Waals surface area contributed by atoms with Gasteiger partial charge in [0.25, 0.3) is 0 Å². The molecule has 1 aliphatic rings. The van der Waals surface area contributed by atoms with Gasteiger partial charge in [-0.15, -0.1) is 0 Å². The highest BCUT2D eigenvalue weighted by Crippen LogP contribution is 2.36. The van der Waals surface area contributed by atoms with E-state index in [4.69, 9.17) is 23.9 Å². The van der Waals surface area contributed by atoms with Crippen LogP contribution in [0.2, 0.25) is 0 Å². The third kappa shape index (κ3) is 4.70. The topological polar surface area (TPSA) is 71.8 Å². The predicted molar refractivity (Wildman–Crippen MR) is 132 cm³/mol. The minimum absolute atomic E-state index is 0.165. The highest BCUT2D eigenvalue weighted by atomic mass is 16.7. The number of carbonyl (C=O) groups excluding carboxylic acids is 1. The quantitative estimate of drug-likeness (QED) is 0.391. The van der Waals surface area contributed by atoms with Crippen molar-refractivity contribution in [3.63, 3.8) is 0 Å². The van der Waals surface area contributed by atoms with Crippen LogP contribution in [0.1, 0.15) is 51.4 Å². The molecule has 0 amide bonds. The maximum atomic E-state index is 12.0. The smallest absolute Gasteiger partial charge is 0.487 e. The van der Waals surface area contributed by atoms with Crippen molar-refractivity contribution in [1.82, 2.24) is 9.78 Å². The van der Waals surface area contributed by atoms with E-state index in [0.717, 1.165) is 33.2 Å². The average Bonchev–Trinajstić information content (AvgIpc) is 3.19. The second-order valence-electron chi connectivity index (χ2n) is 9.82. The van der Waals surface area contributed by atoms with Gasteiger partial charge in [0.1, 0.15) is 18.1 Å². The Morgan fingerprint density at radius 3 is 2.47 bits per heavy atom. The van der Waals surface area contributed by atoms with E-state index in [1.807, 2.05) is 76.7 Å². The molecule has 1 aliphatic heterocycles. The van der Waals surface area contributed by atoms with Crippen LogP contribution in [0.25, 0.3) is 10.9 Å². The summed E-state index contributed by atoms with van der Waals surface area (Å²) in [7, 11) is 1.47. The second-order valence-corrected chi connectivity index (χ2v) is 9.82. The maximum Gasteiger partial charge on any atom is 0.494 e. The molecule has 0 unspecified atom stereocenters. The fraction of sp³-hybridized carbons (Fsp3) is 0.462. The van der Waals surface area contributed by atoms with Crippen LogP contribution in [0.15, 0.2) is 36.4 Å². The van der Waals surface area contributed by atoms with Crippen molar-refractivity contribution in [3.8, 4) is 5.75 Å². The number of nitrogens with zero attached hydrogens (tertiary/aromatic N) is 2. The first-order chi connectivity index (χ1) is 16.0. The largest absolute Gasteiger partial charge is 0.494 e. The van der Waals surface area contributed by atoms with E-state index in [1.165, 1.54) is 0 Å². The third-order valence-electron chi connectivity index (χ3n) is 6.70. The summed E-state index contributed by atoms with van der Waals surface area (Å²) in [6.07, 6.45) is 0.165. The van der Waals surface area contributed by atoms with Gasteiger partial charge in [0, 0.05) is 18.0 Å². The normalized spacial score (nSPS) is 16.7. The van der Waals surface area contributed by atoms with Crippen molar-refractivity contribution in [1.29, 1.82) is 0 Å². The number of benzene rings is 2. The molecule has 1 aromatic heterocycles. The lowest BCUT2D eigenvalue weighted by Gasteiger charge is -2.32. The summed E-state index contributed by atoms with van der Waals surface area (Å²) < 4.78 is 25.6. The van der Waals surface area contributed by atoms with Gasteiger partial charge < -0.3 is 18.8 Å². The van der Waals surface area contributed by atoms with Gasteiger partial charge in [-0.1, -0.05) is 24.3 Å². The molecule has 0 spiro atoms. The first kappa shape index (κ1) is 24.3. The van der Waals surface area contributed by atoms with Crippen LogP contribution in [-0.4, -0.2) is 40.7 Å². The molecule has 3 aromatic rings. The van der Waals surface area contributed by atoms with Gasteiger partial charge in [0.2, 0.25) is 0 Å². The Balaban J connectivity index is 1.60. The Morgan fingerprint density at radius 1 is 1.09 bits per heavy atom. The second kappa shape index (κ2) is 9.08. The van der Waals surface area contributed by atoms with Crippen LogP contribution in [0, 0.1) is 6.92 Å². The van der Waals surface area contributed by atoms with Crippen LogP contribution < -0.4 is 10.2 Å². The number of fused-ring (bicyclic) bond motifs is 1. The Labute approximate surface area is 201 Å². The van der Waals surface area contributed by atoms with Crippen LogP contribution in [-0.2, 0) is 38.9 Å². The number of hydrogen-bond acceptors (Lipinski definition) is 6. The Hall–Kier alpha value is -2.84. The van der Waals surface area contributed by atoms with Crippen molar-refractivity contribution in [2.75, 3.05) is 6.61 Å². The Morgan fingerprint density at radius 2 is 1.79 bits per heavy atom. The molecule has 0 atom stereocenters. The molecule has 7 nitrogen and oxygen atoms in total. The molecule has 34 heavy (non-hydrogen) atoms. The molecule has 8 heteroatoms. The molecule has 1 saturated heterocycles. The van der Waals surface area contributed by atoms with Gasteiger partial charge in [-0.25, -0.2) is 0 Å². The van der Waals surface area contributed by atoms with Crippen molar-refractivity contribution in [2.45, 2.75) is 65.8 Å². The molecule has 0 aliphatic carbocycles. The highest BCUT2D eigenvalue weighted by molar-refractivity contribution is 6.62. The van der Waals surface area contributed by atoms with Gasteiger partial charge >= 0.3 is 13.1 Å². The van der Waals surface area contributed by atoms with E-state index in [1.54, 1.807) is 6.92 Å². The van der Waals surface area contributed by atoms with Gasteiger partial charge in [-0.05, 0) is 64.7 Å². The van der Waals surface area contributed by atoms with Gasteiger partial charge in [-0.2, -0.15) is 5.10 Å². The summed E-state index contributed by atoms with van der Waals surface area (Å²) in [4.78, 5) is 12.0. The van der Waals surface area contributed by atoms with Crippen LogP contribution in [0.5, 0.6) is 5.75 Å². The zero-order valence-electron chi connectivity index (χ0n) is 21.1. The highest BCUT2D eigenvalue weighted by Gasteiger charge is 2.51. The van der Waals surface area contributed by atoms with E-state index in [0.29, 0.717) is 12.4 Å². The number of ether oxygens (including phenoxy) is 2. The van der Waals surface area contributed by atoms with Crippen molar-refractivity contribution < 1.29 is 23.6 Å². The molecule has 1 fully saturated rings. The van der Waals surface area contributed by atoms with Crippen molar-refractivity contribution in [3.05, 3.63) is 53.2 Å².